The number of aromatic amines is 1. The van der Waals surface area contributed by atoms with Crippen molar-refractivity contribution in [2.45, 2.75) is 40.8 Å². The molecule has 1 heterocycles. The van der Waals surface area contributed by atoms with Crippen molar-refractivity contribution in [2.75, 3.05) is 5.75 Å². The van der Waals surface area contributed by atoms with Gasteiger partial charge in [-0.1, -0.05) is 58.0 Å². The van der Waals surface area contributed by atoms with Crippen LogP contribution in [0.25, 0.3) is 0 Å². The third-order valence-electron chi connectivity index (χ3n) is 4.61. The highest BCUT2D eigenvalue weighted by molar-refractivity contribution is 9.10. The van der Waals surface area contributed by atoms with Crippen molar-refractivity contribution < 1.29 is 13.2 Å². The lowest BCUT2D eigenvalue weighted by Gasteiger charge is -2.13. The van der Waals surface area contributed by atoms with Gasteiger partial charge < -0.3 is 10.3 Å². The monoisotopic (exact) mass is 535 g/mol. The minimum absolute atomic E-state index is 0.00253. The van der Waals surface area contributed by atoms with Gasteiger partial charge in [-0.2, -0.15) is 0 Å². The Balaban J connectivity index is 1.55. The molecule has 1 amide bonds. The van der Waals surface area contributed by atoms with Crippen LogP contribution in [0.1, 0.15) is 18.9 Å². The van der Waals surface area contributed by atoms with Crippen molar-refractivity contribution in [2.24, 2.45) is 0 Å². The summed E-state index contributed by atoms with van der Waals surface area (Å²) in [6, 6.07) is 16.0. The van der Waals surface area contributed by atoms with E-state index in [4.69, 9.17) is 0 Å². The minimum Gasteiger partial charge on any atom is -0.353 e. The largest absolute Gasteiger partial charge is 0.353 e. The summed E-state index contributed by atoms with van der Waals surface area (Å²) in [5.41, 5.74) is 0.435. The summed E-state index contributed by atoms with van der Waals surface area (Å²) < 4.78 is 26.1. The first-order valence-corrected chi connectivity index (χ1v) is 13.1. The molecule has 1 atom stereocenters. The van der Waals surface area contributed by atoms with Gasteiger partial charge in [0.15, 0.2) is 10.1 Å². The van der Waals surface area contributed by atoms with Gasteiger partial charge in [-0.3, -0.25) is 9.59 Å². The lowest BCUT2D eigenvalue weighted by molar-refractivity contribution is -0.119. The molecule has 2 N–H and O–H groups in total. The van der Waals surface area contributed by atoms with Gasteiger partial charge in [-0.15, -0.1) is 0 Å². The van der Waals surface area contributed by atoms with Crippen LogP contribution in [0.15, 0.2) is 85.0 Å². The van der Waals surface area contributed by atoms with Gasteiger partial charge in [0.05, 0.1) is 16.8 Å². The van der Waals surface area contributed by atoms with Gasteiger partial charge in [0, 0.05) is 10.5 Å². The first-order valence-electron chi connectivity index (χ1n) is 9.82. The van der Waals surface area contributed by atoms with E-state index in [-0.39, 0.29) is 27.8 Å². The summed E-state index contributed by atoms with van der Waals surface area (Å²) in [5, 5.41) is 3.10. The number of thioether (sulfide) groups is 1. The van der Waals surface area contributed by atoms with E-state index in [1.807, 2.05) is 37.3 Å². The maximum atomic E-state index is 12.7. The smallest absolute Gasteiger partial charge is 0.270 e. The minimum atomic E-state index is -4.00. The standard InChI is InChI=1S/C22H22BrN3O4S2/c1-15(7-8-16-5-3-2-4-6-16)25-20(27)14-31-22-24-13-19(21(28)26-22)32(29,30)18-11-9-17(23)10-12-18/h2-6,9-13,15H,7-8,14H2,1H3,(H,25,27)(H,24,26,28)/t15-/m1/s1. The van der Waals surface area contributed by atoms with Crippen molar-refractivity contribution in [1.82, 2.24) is 15.3 Å². The van der Waals surface area contributed by atoms with Gasteiger partial charge in [-0.05, 0) is 49.6 Å². The Morgan fingerprint density at radius 2 is 1.84 bits per heavy atom. The molecule has 0 unspecified atom stereocenters. The van der Waals surface area contributed by atoms with Crippen LogP contribution in [0.4, 0.5) is 0 Å². The van der Waals surface area contributed by atoms with Crippen LogP contribution in [0.2, 0.25) is 0 Å². The fourth-order valence-electron chi connectivity index (χ4n) is 2.92. The van der Waals surface area contributed by atoms with Crippen LogP contribution in [0.3, 0.4) is 0 Å². The third kappa shape index (κ3) is 6.54. The molecule has 10 heteroatoms. The highest BCUT2D eigenvalue weighted by atomic mass is 79.9. The maximum Gasteiger partial charge on any atom is 0.270 e. The Bertz CT molecular complexity index is 1230. The maximum absolute atomic E-state index is 12.7. The van der Waals surface area contributed by atoms with Crippen molar-refractivity contribution in [1.29, 1.82) is 0 Å². The highest BCUT2D eigenvalue weighted by Crippen LogP contribution is 2.20. The molecule has 0 saturated carbocycles. The average Bonchev–Trinajstić information content (AvgIpc) is 2.77. The van der Waals surface area contributed by atoms with Crippen LogP contribution in [0.5, 0.6) is 0 Å². The van der Waals surface area contributed by atoms with E-state index in [2.05, 4.69) is 31.2 Å². The van der Waals surface area contributed by atoms with Crippen LogP contribution in [-0.4, -0.2) is 36.1 Å². The zero-order chi connectivity index (χ0) is 23.1. The molecule has 0 spiro atoms. The number of aromatic nitrogens is 2. The molecule has 0 aliphatic heterocycles. The fourth-order valence-corrected chi connectivity index (χ4v) is 5.07. The second kappa shape index (κ2) is 10.9. The Morgan fingerprint density at radius 3 is 2.50 bits per heavy atom. The molecule has 3 rings (SSSR count). The number of amides is 1. The van der Waals surface area contributed by atoms with Crippen LogP contribution >= 0.6 is 27.7 Å². The predicted molar refractivity (Wildman–Crippen MR) is 128 cm³/mol. The number of hydrogen-bond donors (Lipinski definition) is 2. The summed E-state index contributed by atoms with van der Waals surface area (Å²) in [6.07, 6.45) is 2.69. The lowest BCUT2D eigenvalue weighted by atomic mass is 10.1. The van der Waals surface area contributed by atoms with Gasteiger partial charge in [0.25, 0.3) is 5.56 Å². The van der Waals surface area contributed by atoms with Crippen molar-refractivity contribution in [3.8, 4) is 0 Å². The quantitative estimate of drug-likeness (QED) is 0.320. The molecule has 0 aliphatic rings. The summed E-state index contributed by atoms with van der Waals surface area (Å²) in [7, 11) is -4.00. The van der Waals surface area contributed by atoms with E-state index >= 15 is 0 Å². The van der Waals surface area contributed by atoms with Crippen molar-refractivity contribution in [3.05, 3.63) is 81.2 Å². The van der Waals surface area contributed by atoms with Crippen molar-refractivity contribution in [3.63, 3.8) is 0 Å². The molecule has 32 heavy (non-hydrogen) atoms. The molecule has 0 bridgehead atoms. The SMILES string of the molecule is C[C@H](CCc1ccccc1)NC(=O)CSc1ncc(S(=O)(=O)c2ccc(Br)cc2)c(=O)[nH]1. The zero-order valence-corrected chi connectivity index (χ0v) is 20.5. The molecule has 0 fully saturated rings. The van der Waals surface area contributed by atoms with Crippen LogP contribution in [0, 0.1) is 0 Å². The molecule has 1 aromatic heterocycles. The van der Waals surface area contributed by atoms with Gasteiger partial charge in [-0.25, -0.2) is 13.4 Å². The number of halogens is 1. The average molecular weight is 536 g/mol. The third-order valence-corrected chi connectivity index (χ3v) is 7.79. The summed E-state index contributed by atoms with van der Waals surface area (Å²) in [5.74, 6) is -0.137. The molecule has 2 aromatic carbocycles. The predicted octanol–water partition coefficient (Wildman–Crippen LogP) is 3.59. The molecule has 7 nitrogen and oxygen atoms in total. The second-order valence-electron chi connectivity index (χ2n) is 7.12. The van der Waals surface area contributed by atoms with Crippen molar-refractivity contribution >= 4 is 43.4 Å². The number of nitrogens with one attached hydrogen (secondary N) is 2. The first-order chi connectivity index (χ1) is 15.3. The Morgan fingerprint density at radius 1 is 1.16 bits per heavy atom. The van der Waals surface area contributed by atoms with E-state index in [1.165, 1.54) is 17.7 Å². The number of H-pyrrole nitrogens is 1. The topological polar surface area (TPSA) is 109 Å². The Labute approximate surface area is 199 Å². The molecular weight excluding hydrogens is 514 g/mol. The van der Waals surface area contributed by atoms with Gasteiger partial charge >= 0.3 is 0 Å². The Kier molecular flexibility index (Phi) is 8.27. The number of rotatable bonds is 9. The molecule has 0 radical (unpaired) electrons. The second-order valence-corrected chi connectivity index (χ2v) is 10.9. The highest BCUT2D eigenvalue weighted by Gasteiger charge is 2.22. The number of sulfone groups is 1. The van der Waals surface area contributed by atoms with E-state index < -0.39 is 20.3 Å². The van der Waals surface area contributed by atoms with Gasteiger partial charge in [0.2, 0.25) is 15.7 Å². The first kappa shape index (κ1) is 24.2. The van der Waals surface area contributed by atoms with Crippen LogP contribution in [-0.2, 0) is 21.1 Å². The van der Waals surface area contributed by atoms with E-state index in [0.717, 1.165) is 35.3 Å². The number of carbonyl (C=O) groups excluding carboxylic acids is 1. The lowest BCUT2D eigenvalue weighted by Crippen LogP contribution is -2.34. The van der Waals surface area contributed by atoms with Crippen LogP contribution < -0.4 is 10.9 Å². The summed E-state index contributed by atoms with van der Waals surface area (Å²) >= 11 is 4.28. The number of nitrogens with zero attached hydrogens (tertiary/aromatic N) is 1. The Hall–Kier alpha value is -2.43. The number of aryl methyl sites for hydroxylation is 1. The number of carbonyl (C=O) groups is 1. The zero-order valence-electron chi connectivity index (χ0n) is 17.2. The van der Waals surface area contributed by atoms with E-state index in [0.29, 0.717) is 0 Å². The molecule has 0 aliphatic carbocycles. The van der Waals surface area contributed by atoms with E-state index in [1.54, 1.807) is 12.1 Å². The summed E-state index contributed by atoms with van der Waals surface area (Å²) in [4.78, 5) is 30.6. The normalized spacial score (nSPS) is 12.3. The fraction of sp³-hybridized carbons (Fsp3) is 0.227. The molecule has 168 valence electrons. The number of hydrogen-bond acceptors (Lipinski definition) is 6. The molecule has 3 aromatic rings. The van der Waals surface area contributed by atoms with Gasteiger partial charge in [0.1, 0.15) is 0 Å². The van der Waals surface area contributed by atoms with E-state index in [9.17, 15) is 18.0 Å². The number of benzene rings is 2. The summed E-state index contributed by atoms with van der Waals surface area (Å²) in [6.45, 7) is 1.94. The molecule has 0 saturated heterocycles. The molecular formula is C22H22BrN3O4S2.